The van der Waals surface area contributed by atoms with Crippen molar-refractivity contribution in [3.8, 4) is 0 Å². The minimum absolute atomic E-state index is 0.242. The molecule has 0 spiro atoms. The van der Waals surface area contributed by atoms with Crippen LogP contribution in [0.3, 0.4) is 0 Å². The lowest BCUT2D eigenvalue weighted by Gasteiger charge is -2.17. The Morgan fingerprint density at radius 1 is 0.870 bits per heavy atom. The third-order valence-electron chi connectivity index (χ3n) is 3.47. The quantitative estimate of drug-likeness (QED) is 0.825. The van der Waals surface area contributed by atoms with Crippen LogP contribution in [0.1, 0.15) is 5.56 Å². The molecule has 0 unspecified atom stereocenters. The lowest BCUT2D eigenvalue weighted by atomic mass is 10.2. The van der Waals surface area contributed by atoms with Gasteiger partial charge in [-0.3, -0.25) is 10.2 Å². The number of rotatable bonds is 2. The minimum atomic E-state index is -0.690. The molecule has 0 atom stereocenters. The zero-order valence-electron chi connectivity index (χ0n) is 12.0. The molecule has 0 aromatic heterocycles. The number of carbonyl (C=O) groups excluding carboxylic acids is 2. The first-order valence-electron chi connectivity index (χ1n) is 6.69. The number of nitrogens with zero attached hydrogens (tertiary/aromatic N) is 2. The zero-order valence-corrected chi connectivity index (χ0v) is 13.5. The van der Waals surface area contributed by atoms with Crippen molar-refractivity contribution in [2.75, 3.05) is 9.80 Å². The molecule has 0 aliphatic carbocycles. The number of aryl methyl sites for hydroxylation is 1. The fourth-order valence-electron chi connectivity index (χ4n) is 2.27. The van der Waals surface area contributed by atoms with Gasteiger partial charge in [-0.05, 0) is 37.3 Å². The Kier molecular flexibility index (Phi) is 3.83. The molecule has 1 aliphatic heterocycles. The number of benzene rings is 2. The van der Waals surface area contributed by atoms with Gasteiger partial charge in [-0.25, -0.2) is 14.6 Å². The summed E-state index contributed by atoms with van der Waals surface area (Å²) in [7, 11) is 0. The van der Waals surface area contributed by atoms with Gasteiger partial charge in [0.1, 0.15) is 0 Å². The van der Waals surface area contributed by atoms with E-state index < -0.39 is 17.8 Å². The standard InChI is InChI=1S/C16H11Cl2N3O2/c1-9-2-4-10(5-3-9)21-15(22)14(19)20(16(21)23)11-6-7-12(17)13(18)8-11/h2-8,19H,1H3. The second-order valence-electron chi connectivity index (χ2n) is 5.04. The molecule has 116 valence electrons. The predicted molar refractivity (Wildman–Crippen MR) is 90.7 cm³/mol. The molecule has 0 bridgehead atoms. The number of imide groups is 1. The Bertz CT molecular complexity index is 834. The highest BCUT2D eigenvalue weighted by molar-refractivity contribution is 6.61. The summed E-state index contributed by atoms with van der Waals surface area (Å²) < 4.78 is 0. The molecule has 5 nitrogen and oxygen atoms in total. The van der Waals surface area contributed by atoms with E-state index in [1.807, 2.05) is 6.92 Å². The van der Waals surface area contributed by atoms with Gasteiger partial charge < -0.3 is 0 Å². The molecule has 0 radical (unpaired) electrons. The first-order valence-corrected chi connectivity index (χ1v) is 7.44. The summed E-state index contributed by atoms with van der Waals surface area (Å²) in [5.74, 6) is -1.13. The van der Waals surface area contributed by atoms with Gasteiger partial charge in [0.25, 0.3) is 0 Å². The first-order chi connectivity index (χ1) is 10.9. The van der Waals surface area contributed by atoms with E-state index in [4.69, 9.17) is 28.6 Å². The Hall–Kier alpha value is -2.37. The molecule has 1 saturated heterocycles. The van der Waals surface area contributed by atoms with E-state index in [-0.39, 0.29) is 5.02 Å². The number of carbonyl (C=O) groups is 2. The maximum absolute atomic E-state index is 12.6. The van der Waals surface area contributed by atoms with Crippen LogP contribution in [0.2, 0.25) is 10.0 Å². The van der Waals surface area contributed by atoms with Crippen molar-refractivity contribution in [1.29, 1.82) is 5.41 Å². The summed E-state index contributed by atoms with van der Waals surface area (Å²) in [5.41, 5.74) is 1.74. The second kappa shape index (κ2) is 5.68. The minimum Gasteiger partial charge on any atom is -0.279 e. The molecule has 1 heterocycles. The summed E-state index contributed by atoms with van der Waals surface area (Å²) in [6.45, 7) is 1.90. The van der Waals surface area contributed by atoms with Crippen LogP contribution in [0.4, 0.5) is 16.2 Å². The third-order valence-corrected chi connectivity index (χ3v) is 4.20. The fourth-order valence-corrected chi connectivity index (χ4v) is 2.56. The van der Waals surface area contributed by atoms with Gasteiger partial charge in [-0.15, -0.1) is 0 Å². The molecular formula is C16H11Cl2N3O2. The molecule has 1 N–H and O–H groups in total. The molecule has 2 aromatic carbocycles. The van der Waals surface area contributed by atoms with E-state index in [9.17, 15) is 9.59 Å². The molecule has 1 aliphatic rings. The Balaban J connectivity index is 2.02. The number of amides is 3. The Morgan fingerprint density at radius 2 is 1.48 bits per heavy atom. The lowest BCUT2D eigenvalue weighted by molar-refractivity contribution is -0.111. The van der Waals surface area contributed by atoms with Crippen LogP contribution in [-0.4, -0.2) is 17.8 Å². The van der Waals surface area contributed by atoms with Crippen LogP contribution in [0.25, 0.3) is 0 Å². The highest BCUT2D eigenvalue weighted by Crippen LogP contribution is 2.31. The zero-order chi connectivity index (χ0) is 16.7. The number of halogens is 2. The summed E-state index contributed by atoms with van der Waals surface area (Å²) >= 11 is 11.8. The van der Waals surface area contributed by atoms with Crippen molar-refractivity contribution in [2.24, 2.45) is 0 Å². The number of hydrogen-bond acceptors (Lipinski definition) is 3. The van der Waals surface area contributed by atoms with Gasteiger partial charge in [-0.2, -0.15) is 0 Å². The molecule has 2 aromatic rings. The van der Waals surface area contributed by atoms with Crippen LogP contribution in [-0.2, 0) is 4.79 Å². The van der Waals surface area contributed by atoms with Gasteiger partial charge in [0.2, 0.25) is 5.84 Å². The van der Waals surface area contributed by atoms with Crippen molar-refractivity contribution in [1.82, 2.24) is 0 Å². The van der Waals surface area contributed by atoms with Crippen LogP contribution in [0.5, 0.6) is 0 Å². The van der Waals surface area contributed by atoms with Crippen molar-refractivity contribution >= 4 is 52.4 Å². The predicted octanol–water partition coefficient (Wildman–Crippen LogP) is 4.25. The summed E-state index contributed by atoms with van der Waals surface area (Å²) in [6.07, 6.45) is 0. The van der Waals surface area contributed by atoms with Crippen molar-refractivity contribution in [3.05, 3.63) is 58.1 Å². The highest BCUT2D eigenvalue weighted by atomic mass is 35.5. The summed E-state index contributed by atoms with van der Waals surface area (Å²) in [4.78, 5) is 26.9. The number of amidine groups is 1. The molecule has 23 heavy (non-hydrogen) atoms. The van der Waals surface area contributed by atoms with Crippen molar-refractivity contribution in [2.45, 2.75) is 6.92 Å². The van der Waals surface area contributed by atoms with E-state index in [0.717, 1.165) is 15.4 Å². The summed E-state index contributed by atoms with van der Waals surface area (Å²) in [5, 5.41) is 8.53. The molecule has 0 saturated carbocycles. The third kappa shape index (κ3) is 2.58. The van der Waals surface area contributed by atoms with Crippen LogP contribution in [0, 0.1) is 12.3 Å². The maximum Gasteiger partial charge on any atom is 0.342 e. The number of nitrogens with one attached hydrogen (secondary N) is 1. The molecular weight excluding hydrogens is 337 g/mol. The number of urea groups is 1. The van der Waals surface area contributed by atoms with Gasteiger partial charge in [0.05, 0.1) is 21.4 Å². The monoisotopic (exact) mass is 347 g/mol. The highest BCUT2D eigenvalue weighted by Gasteiger charge is 2.43. The van der Waals surface area contributed by atoms with E-state index in [2.05, 4.69) is 0 Å². The Morgan fingerprint density at radius 3 is 2.09 bits per heavy atom. The van der Waals surface area contributed by atoms with Crippen LogP contribution in [0.15, 0.2) is 42.5 Å². The number of anilines is 2. The smallest absolute Gasteiger partial charge is 0.279 e. The van der Waals surface area contributed by atoms with Gasteiger partial charge in [-0.1, -0.05) is 40.9 Å². The van der Waals surface area contributed by atoms with E-state index in [1.54, 1.807) is 24.3 Å². The molecule has 7 heteroatoms. The topological polar surface area (TPSA) is 64.5 Å². The SMILES string of the molecule is Cc1ccc(N2C(=O)C(=N)N(c3ccc(Cl)c(Cl)c3)C2=O)cc1. The van der Waals surface area contributed by atoms with Crippen molar-refractivity contribution in [3.63, 3.8) is 0 Å². The largest absolute Gasteiger partial charge is 0.342 e. The normalized spacial score (nSPS) is 14.8. The van der Waals surface area contributed by atoms with E-state index >= 15 is 0 Å². The summed E-state index contributed by atoms with van der Waals surface area (Å²) in [6, 6.07) is 10.8. The number of hydrogen-bond donors (Lipinski definition) is 1. The van der Waals surface area contributed by atoms with Gasteiger partial charge in [0, 0.05) is 0 Å². The van der Waals surface area contributed by atoms with Gasteiger partial charge in [0.15, 0.2) is 0 Å². The maximum atomic E-state index is 12.6. The lowest BCUT2D eigenvalue weighted by Crippen LogP contribution is -2.33. The Labute approximate surface area is 142 Å². The fraction of sp³-hybridized carbons (Fsp3) is 0.0625. The van der Waals surface area contributed by atoms with Crippen LogP contribution >= 0.6 is 23.2 Å². The molecule has 3 rings (SSSR count). The van der Waals surface area contributed by atoms with E-state index in [0.29, 0.717) is 16.4 Å². The molecule has 3 amide bonds. The second-order valence-corrected chi connectivity index (χ2v) is 5.86. The van der Waals surface area contributed by atoms with Gasteiger partial charge >= 0.3 is 11.9 Å². The van der Waals surface area contributed by atoms with Crippen molar-refractivity contribution < 1.29 is 9.59 Å². The van der Waals surface area contributed by atoms with E-state index in [1.165, 1.54) is 18.2 Å². The first kappa shape index (κ1) is 15.5. The molecule has 1 fully saturated rings. The van der Waals surface area contributed by atoms with Crippen LogP contribution < -0.4 is 9.80 Å². The average molecular weight is 348 g/mol. The average Bonchev–Trinajstić information content (AvgIpc) is 2.74.